The minimum Gasteiger partial charge on any atom is -0.453 e. The van der Waals surface area contributed by atoms with E-state index in [1.54, 1.807) is 11.1 Å². The van der Waals surface area contributed by atoms with Gasteiger partial charge >= 0.3 is 12.2 Å². The number of aromatic nitrogens is 4. The van der Waals surface area contributed by atoms with Gasteiger partial charge in [-0.1, -0.05) is 98.8 Å². The first-order valence-corrected chi connectivity index (χ1v) is 22.0. The van der Waals surface area contributed by atoms with Crippen LogP contribution in [0.25, 0.3) is 33.6 Å². The van der Waals surface area contributed by atoms with Gasteiger partial charge in [0.05, 0.1) is 50.1 Å². The average molecular weight is 878 g/mol. The number of likely N-dealkylation sites (tertiary alicyclic amines) is 2. The number of benzene rings is 4. The lowest BCUT2D eigenvalue weighted by atomic mass is 9.98. The molecule has 6 aromatic rings. The number of nitrogens with zero attached hydrogens (tertiary/aromatic N) is 5. The summed E-state index contributed by atoms with van der Waals surface area (Å²) in [4.78, 5) is 74.6. The summed E-state index contributed by atoms with van der Waals surface area (Å²) in [6.45, 7) is 4.91. The molecule has 2 aliphatic heterocycles. The molecule has 15 nitrogen and oxygen atoms in total. The SMILES string of the molecule is COC(=O)N[C@H](C(=O)N1CCC[C@H]1c1ncc(-c2ccc(-c3ccc(-c4cnc([C@@H]5CCCN5C(=O)[C@H](NC(=O)OC)c5ccccc5)[nH]4)cc3)c(N(C)c3ccccc3)c2)[nH]1)C(C)C. The second-order valence-electron chi connectivity index (χ2n) is 16.8. The molecule has 4 N–H and O–H groups in total. The lowest BCUT2D eigenvalue weighted by Gasteiger charge is -2.30. The number of rotatable bonds is 13. The second-order valence-corrected chi connectivity index (χ2v) is 16.8. The van der Waals surface area contributed by atoms with Gasteiger partial charge in [0.25, 0.3) is 5.91 Å². The Labute approximate surface area is 378 Å². The van der Waals surface area contributed by atoms with Crippen LogP contribution in [0.15, 0.2) is 116 Å². The third kappa shape index (κ3) is 9.45. The van der Waals surface area contributed by atoms with Crippen molar-refractivity contribution in [2.75, 3.05) is 39.3 Å². The summed E-state index contributed by atoms with van der Waals surface area (Å²) in [5.74, 6) is 0.878. The molecular weight excluding hydrogens is 823 g/mol. The van der Waals surface area contributed by atoms with Crippen molar-refractivity contribution in [2.45, 2.75) is 63.7 Å². The number of anilines is 2. The molecule has 0 aliphatic carbocycles. The van der Waals surface area contributed by atoms with Crippen LogP contribution < -0.4 is 15.5 Å². The van der Waals surface area contributed by atoms with Crippen molar-refractivity contribution < 1.29 is 28.7 Å². The van der Waals surface area contributed by atoms with Crippen LogP contribution >= 0.6 is 0 Å². The number of aromatic amines is 2. The van der Waals surface area contributed by atoms with E-state index in [9.17, 15) is 19.2 Å². The predicted octanol–water partition coefficient (Wildman–Crippen LogP) is 8.71. The van der Waals surface area contributed by atoms with Crippen molar-refractivity contribution in [3.05, 3.63) is 133 Å². The summed E-state index contributed by atoms with van der Waals surface area (Å²) in [6, 6.07) is 31.9. The molecule has 2 aromatic heterocycles. The van der Waals surface area contributed by atoms with Gasteiger partial charge in [-0.15, -0.1) is 0 Å². The van der Waals surface area contributed by atoms with E-state index in [4.69, 9.17) is 19.4 Å². The van der Waals surface area contributed by atoms with Gasteiger partial charge in [-0.3, -0.25) is 9.59 Å². The first-order valence-electron chi connectivity index (χ1n) is 22.0. The number of imidazole rings is 2. The summed E-state index contributed by atoms with van der Waals surface area (Å²) >= 11 is 0. The number of nitrogens with one attached hydrogen (secondary N) is 4. The summed E-state index contributed by atoms with van der Waals surface area (Å²) in [6.07, 6.45) is 5.42. The number of hydrogen-bond acceptors (Lipinski definition) is 9. The van der Waals surface area contributed by atoms with E-state index in [-0.39, 0.29) is 29.8 Å². The highest BCUT2D eigenvalue weighted by Gasteiger charge is 2.39. The average Bonchev–Trinajstić information content (AvgIpc) is 4.20. The molecule has 0 saturated carbocycles. The molecule has 2 aliphatic rings. The normalized spacial score (nSPS) is 16.8. The second kappa shape index (κ2) is 19.5. The van der Waals surface area contributed by atoms with Gasteiger partial charge in [-0.2, -0.15) is 0 Å². The van der Waals surface area contributed by atoms with Crippen molar-refractivity contribution in [1.82, 2.24) is 40.4 Å². The molecule has 15 heteroatoms. The number of ether oxygens (including phenoxy) is 2. The molecule has 2 saturated heterocycles. The minimum absolute atomic E-state index is 0.131. The Morgan fingerprint density at radius 1 is 0.677 bits per heavy atom. The zero-order chi connectivity index (χ0) is 45.6. The molecule has 0 unspecified atom stereocenters. The molecule has 2 fully saturated rings. The number of amides is 4. The van der Waals surface area contributed by atoms with E-state index in [0.29, 0.717) is 30.3 Å². The van der Waals surface area contributed by atoms with Crippen LogP contribution in [-0.2, 0) is 19.1 Å². The van der Waals surface area contributed by atoms with Crippen molar-refractivity contribution in [3.8, 4) is 33.6 Å². The number of H-pyrrole nitrogens is 2. The Bertz CT molecular complexity index is 2610. The highest BCUT2D eigenvalue weighted by Crippen LogP contribution is 2.40. The Morgan fingerprint density at radius 3 is 1.78 bits per heavy atom. The molecule has 336 valence electrons. The number of carbonyl (C=O) groups is 4. The fraction of sp³-hybridized carbons (Fsp3) is 0.320. The van der Waals surface area contributed by atoms with Crippen LogP contribution in [0.2, 0.25) is 0 Å². The summed E-state index contributed by atoms with van der Waals surface area (Å²) in [7, 11) is 4.62. The summed E-state index contributed by atoms with van der Waals surface area (Å²) in [5.41, 5.74) is 8.24. The number of para-hydroxylation sites is 1. The van der Waals surface area contributed by atoms with Crippen LogP contribution in [0.4, 0.5) is 21.0 Å². The zero-order valence-electron chi connectivity index (χ0n) is 37.3. The van der Waals surface area contributed by atoms with Gasteiger partial charge in [0.1, 0.15) is 23.7 Å². The lowest BCUT2D eigenvalue weighted by Crippen LogP contribution is -2.51. The Balaban J connectivity index is 1.04. The van der Waals surface area contributed by atoms with Crippen molar-refractivity contribution >= 4 is 35.4 Å². The maximum atomic E-state index is 14.0. The topological polar surface area (TPSA) is 178 Å². The van der Waals surface area contributed by atoms with Crippen molar-refractivity contribution in [1.29, 1.82) is 0 Å². The highest BCUT2D eigenvalue weighted by molar-refractivity contribution is 5.89. The van der Waals surface area contributed by atoms with E-state index >= 15 is 0 Å². The molecule has 8 rings (SSSR count). The van der Waals surface area contributed by atoms with E-state index in [1.807, 2.05) is 73.5 Å². The van der Waals surface area contributed by atoms with Crippen LogP contribution in [0.5, 0.6) is 0 Å². The van der Waals surface area contributed by atoms with Gasteiger partial charge in [-0.25, -0.2) is 19.6 Å². The fourth-order valence-corrected chi connectivity index (χ4v) is 8.93. The van der Waals surface area contributed by atoms with E-state index in [0.717, 1.165) is 70.7 Å². The van der Waals surface area contributed by atoms with E-state index < -0.39 is 24.3 Å². The number of carbonyl (C=O) groups excluding carboxylic acids is 4. The Kier molecular flexibility index (Phi) is 13.3. The zero-order valence-corrected chi connectivity index (χ0v) is 37.3. The quantitative estimate of drug-likeness (QED) is 0.0884. The van der Waals surface area contributed by atoms with Crippen LogP contribution in [-0.4, -0.2) is 94.1 Å². The van der Waals surface area contributed by atoms with Crippen molar-refractivity contribution in [2.24, 2.45) is 5.92 Å². The number of hydrogen-bond donors (Lipinski definition) is 4. The first kappa shape index (κ1) is 44.2. The molecule has 0 bridgehead atoms. The van der Waals surface area contributed by atoms with Gasteiger partial charge in [0.15, 0.2) is 0 Å². The predicted molar refractivity (Wildman–Crippen MR) is 248 cm³/mol. The van der Waals surface area contributed by atoms with Gasteiger partial charge in [0.2, 0.25) is 5.91 Å². The van der Waals surface area contributed by atoms with E-state index in [2.05, 4.69) is 87.1 Å². The molecule has 65 heavy (non-hydrogen) atoms. The molecule has 4 amide bonds. The monoisotopic (exact) mass is 877 g/mol. The maximum absolute atomic E-state index is 14.0. The third-order valence-corrected chi connectivity index (χ3v) is 12.4. The molecular formula is C50H55N9O6. The Morgan fingerprint density at radius 2 is 1.20 bits per heavy atom. The molecule has 4 heterocycles. The van der Waals surface area contributed by atoms with Gasteiger partial charge in [-0.05, 0) is 66.5 Å². The largest absolute Gasteiger partial charge is 0.453 e. The summed E-state index contributed by atoms with van der Waals surface area (Å²) in [5, 5.41) is 5.44. The Hall–Kier alpha value is -7.42. The van der Waals surface area contributed by atoms with Crippen molar-refractivity contribution in [3.63, 3.8) is 0 Å². The van der Waals surface area contributed by atoms with E-state index in [1.165, 1.54) is 14.2 Å². The standard InChI is InChI=1S/C50H55N9O6/c1-31(2)43(55-49(62)64-4)47(60)58-26-12-18-40(58)46-52-30-39(54-46)35-24-25-37(42(28-35)57(3)36-16-10-7-11-17-36)32-20-22-33(23-21-32)38-29-51-45(53-38)41-19-13-27-59(41)48(61)44(56-50(63)65-5)34-14-8-6-9-15-34/h6-11,14-17,20-25,28-31,40-41,43-44H,12-13,18-19,26-27H2,1-5H3,(H,51,53)(H,52,54)(H,55,62)(H,56,63)/t40-,41-,43-,44+/m0/s1. The number of methoxy groups -OCH3 is 2. The number of alkyl carbamates (subject to hydrolysis) is 2. The smallest absolute Gasteiger partial charge is 0.407 e. The van der Waals surface area contributed by atoms with Gasteiger partial charge < -0.3 is 44.8 Å². The molecule has 0 radical (unpaired) electrons. The summed E-state index contributed by atoms with van der Waals surface area (Å²) < 4.78 is 9.66. The lowest BCUT2D eigenvalue weighted by molar-refractivity contribution is -0.135. The van der Waals surface area contributed by atoms with Gasteiger partial charge in [0, 0.05) is 42.6 Å². The molecule has 0 spiro atoms. The third-order valence-electron chi connectivity index (χ3n) is 12.4. The maximum Gasteiger partial charge on any atom is 0.407 e. The van der Waals surface area contributed by atoms with Crippen LogP contribution in [0.3, 0.4) is 0 Å². The fourth-order valence-electron chi connectivity index (χ4n) is 8.93. The molecule has 4 atom stereocenters. The van der Waals surface area contributed by atoms with Crippen LogP contribution in [0.1, 0.15) is 74.9 Å². The minimum atomic E-state index is -0.898. The first-order chi connectivity index (χ1) is 31.5. The molecule has 4 aromatic carbocycles. The highest BCUT2D eigenvalue weighted by atomic mass is 16.5. The van der Waals surface area contributed by atoms with Crippen LogP contribution in [0, 0.1) is 5.92 Å².